The van der Waals surface area contributed by atoms with Gasteiger partial charge in [0, 0.05) is 18.0 Å². The molecule has 0 fully saturated rings. The molecule has 0 amide bonds. The van der Waals surface area contributed by atoms with Gasteiger partial charge in [0.1, 0.15) is 0 Å². The molecule has 0 saturated carbocycles. The van der Waals surface area contributed by atoms with Gasteiger partial charge in [0.2, 0.25) is 0 Å². The van der Waals surface area contributed by atoms with E-state index in [2.05, 4.69) is 20.1 Å². The van der Waals surface area contributed by atoms with Crippen LogP contribution in [0.3, 0.4) is 0 Å². The number of fused-ring (bicyclic) bond motifs is 1. The molecule has 5 nitrogen and oxygen atoms in total. The lowest BCUT2D eigenvalue weighted by molar-refractivity contribution is 0.943. The summed E-state index contributed by atoms with van der Waals surface area (Å²) in [6.45, 7) is 0. The molecular weight excluding hydrogens is 261 g/mol. The highest BCUT2D eigenvalue weighted by Crippen LogP contribution is 2.22. The maximum Gasteiger partial charge on any atom is 0.254 e. The first-order valence-corrected chi connectivity index (χ1v) is 5.48. The fourth-order valence-electron chi connectivity index (χ4n) is 1.41. The van der Waals surface area contributed by atoms with Crippen molar-refractivity contribution in [2.45, 2.75) is 0 Å². The molecule has 0 aliphatic heterocycles. The predicted molar refractivity (Wildman–Crippen MR) is 64.0 cm³/mol. The third kappa shape index (κ3) is 1.73. The van der Waals surface area contributed by atoms with E-state index in [1.165, 1.54) is 10.7 Å². The molecule has 0 N–H and O–H groups in total. The number of nitrogens with zero attached hydrogens (tertiary/aromatic N) is 5. The molecule has 0 saturated heterocycles. The van der Waals surface area contributed by atoms with Gasteiger partial charge in [0.15, 0.2) is 11.0 Å². The molecule has 3 aromatic rings. The Morgan fingerprint density at radius 3 is 2.65 bits per heavy atom. The summed E-state index contributed by atoms with van der Waals surface area (Å²) >= 11 is 11.9. The Morgan fingerprint density at radius 2 is 1.88 bits per heavy atom. The van der Waals surface area contributed by atoms with Gasteiger partial charge in [0.25, 0.3) is 5.78 Å². The summed E-state index contributed by atoms with van der Waals surface area (Å²) < 4.78 is 1.40. The van der Waals surface area contributed by atoms with Gasteiger partial charge >= 0.3 is 0 Å². The number of aromatic nitrogens is 5. The second kappa shape index (κ2) is 3.94. The summed E-state index contributed by atoms with van der Waals surface area (Å²) in [6, 6.07) is 3.62. The molecule has 0 aliphatic rings. The van der Waals surface area contributed by atoms with Crippen LogP contribution >= 0.6 is 23.2 Å². The number of hydrogen-bond donors (Lipinski definition) is 0. The average Bonchev–Trinajstić information content (AvgIpc) is 2.80. The number of rotatable bonds is 1. The molecule has 0 spiro atoms. The van der Waals surface area contributed by atoms with Gasteiger partial charge in [-0.25, -0.2) is 4.98 Å². The fraction of sp³-hybridized carbons (Fsp3) is 0. The molecule has 3 heterocycles. The zero-order valence-electron chi connectivity index (χ0n) is 8.38. The third-order valence-corrected chi connectivity index (χ3v) is 2.94. The van der Waals surface area contributed by atoms with E-state index in [1.807, 2.05) is 12.1 Å². The van der Waals surface area contributed by atoms with E-state index < -0.39 is 0 Å². The van der Waals surface area contributed by atoms with Crippen molar-refractivity contribution in [1.29, 1.82) is 0 Å². The van der Waals surface area contributed by atoms with Crippen LogP contribution in [-0.2, 0) is 0 Å². The van der Waals surface area contributed by atoms with Crippen LogP contribution in [0, 0.1) is 0 Å². The third-order valence-electron chi connectivity index (χ3n) is 2.20. The summed E-state index contributed by atoms with van der Waals surface area (Å²) in [4.78, 5) is 12.2. The van der Waals surface area contributed by atoms with E-state index in [9.17, 15) is 0 Å². The molecule has 84 valence electrons. The van der Waals surface area contributed by atoms with Gasteiger partial charge in [-0.3, -0.25) is 4.98 Å². The van der Waals surface area contributed by atoms with Crippen LogP contribution in [0.25, 0.3) is 17.2 Å². The van der Waals surface area contributed by atoms with Crippen molar-refractivity contribution in [2.24, 2.45) is 0 Å². The summed E-state index contributed by atoms with van der Waals surface area (Å²) in [5.41, 5.74) is 0.845. The lowest BCUT2D eigenvalue weighted by Crippen LogP contribution is -1.92. The van der Waals surface area contributed by atoms with Crippen molar-refractivity contribution in [3.63, 3.8) is 0 Å². The second-order valence-electron chi connectivity index (χ2n) is 3.28. The lowest BCUT2D eigenvalue weighted by atomic mass is 10.3. The van der Waals surface area contributed by atoms with E-state index in [-0.39, 0.29) is 0 Å². The molecule has 0 bridgehead atoms. The van der Waals surface area contributed by atoms with Gasteiger partial charge < -0.3 is 0 Å². The molecule has 0 aromatic carbocycles. The summed E-state index contributed by atoms with van der Waals surface area (Å²) in [5.74, 6) is 0.940. The first kappa shape index (κ1) is 10.4. The van der Waals surface area contributed by atoms with E-state index in [0.717, 1.165) is 5.56 Å². The monoisotopic (exact) mass is 265 g/mol. The molecule has 0 radical (unpaired) electrons. The molecule has 3 aromatic heterocycles. The van der Waals surface area contributed by atoms with Gasteiger partial charge in [-0.15, -0.1) is 5.10 Å². The number of pyridine rings is 1. The van der Waals surface area contributed by atoms with E-state index in [0.29, 0.717) is 21.8 Å². The fourth-order valence-corrected chi connectivity index (χ4v) is 1.70. The predicted octanol–water partition coefficient (Wildman–Crippen LogP) is 2.49. The van der Waals surface area contributed by atoms with Gasteiger partial charge in [-0.05, 0) is 12.1 Å². The van der Waals surface area contributed by atoms with Crippen LogP contribution in [0.1, 0.15) is 0 Å². The Kier molecular flexibility index (Phi) is 2.42. The highest BCUT2D eigenvalue weighted by atomic mass is 35.5. The van der Waals surface area contributed by atoms with Crippen LogP contribution < -0.4 is 0 Å². The standard InChI is InChI=1S/C10H5Cl2N5/c11-7-5-14-10-15-9(16-17(10)8(7)12)6-1-3-13-4-2-6/h1-5H. The Labute approximate surface area is 106 Å². The summed E-state index contributed by atoms with van der Waals surface area (Å²) in [5, 5.41) is 4.88. The minimum Gasteiger partial charge on any atom is -0.265 e. The Morgan fingerprint density at radius 1 is 1.12 bits per heavy atom. The Hall–Kier alpha value is -1.72. The topological polar surface area (TPSA) is 56.0 Å². The molecular formula is C10H5Cl2N5. The minimum absolute atomic E-state index is 0.296. The van der Waals surface area contributed by atoms with Gasteiger partial charge in [-0.1, -0.05) is 23.2 Å². The van der Waals surface area contributed by atoms with E-state index >= 15 is 0 Å². The normalized spacial score (nSPS) is 10.9. The molecule has 7 heteroatoms. The maximum atomic E-state index is 6.00. The first-order valence-electron chi connectivity index (χ1n) is 4.73. The molecule has 3 rings (SSSR count). The van der Waals surface area contributed by atoms with Crippen LogP contribution in [-0.4, -0.2) is 24.6 Å². The van der Waals surface area contributed by atoms with E-state index in [4.69, 9.17) is 23.2 Å². The van der Waals surface area contributed by atoms with Crippen LogP contribution in [0.15, 0.2) is 30.7 Å². The highest BCUT2D eigenvalue weighted by molar-refractivity contribution is 6.41. The number of hydrogen-bond acceptors (Lipinski definition) is 4. The molecule has 0 unspecified atom stereocenters. The quantitative estimate of drug-likeness (QED) is 0.635. The minimum atomic E-state index is 0.296. The van der Waals surface area contributed by atoms with E-state index in [1.54, 1.807) is 12.4 Å². The van der Waals surface area contributed by atoms with Crippen molar-refractivity contribution in [2.75, 3.05) is 0 Å². The second-order valence-corrected chi connectivity index (χ2v) is 4.05. The Balaban J connectivity index is 2.24. The highest BCUT2D eigenvalue weighted by Gasteiger charge is 2.11. The maximum absolute atomic E-state index is 6.00. The smallest absolute Gasteiger partial charge is 0.254 e. The van der Waals surface area contributed by atoms with Crippen molar-refractivity contribution in [1.82, 2.24) is 24.6 Å². The van der Waals surface area contributed by atoms with Crippen molar-refractivity contribution >= 4 is 29.0 Å². The van der Waals surface area contributed by atoms with Gasteiger partial charge in [0.05, 0.1) is 11.2 Å². The molecule has 0 atom stereocenters. The molecule has 0 aliphatic carbocycles. The first-order chi connectivity index (χ1) is 8.25. The molecule has 17 heavy (non-hydrogen) atoms. The largest absolute Gasteiger partial charge is 0.265 e. The Bertz CT molecular complexity index is 680. The summed E-state index contributed by atoms with van der Waals surface area (Å²) in [6.07, 6.45) is 4.79. The number of halogens is 2. The average molecular weight is 266 g/mol. The van der Waals surface area contributed by atoms with Gasteiger partial charge in [-0.2, -0.15) is 9.50 Å². The summed E-state index contributed by atoms with van der Waals surface area (Å²) in [7, 11) is 0. The van der Waals surface area contributed by atoms with Crippen LogP contribution in [0.4, 0.5) is 0 Å². The van der Waals surface area contributed by atoms with Crippen molar-refractivity contribution < 1.29 is 0 Å². The SMILES string of the molecule is Clc1cnc2nc(-c3ccncc3)nn2c1Cl. The van der Waals surface area contributed by atoms with Crippen molar-refractivity contribution in [3.05, 3.63) is 40.9 Å². The van der Waals surface area contributed by atoms with Crippen LogP contribution in [0.5, 0.6) is 0 Å². The lowest BCUT2D eigenvalue weighted by Gasteiger charge is -1.95. The van der Waals surface area contributed by atoms with Crippen molar-refractivity contribution in [3.8, 4) is 11.4 Å². The van der Waals surface area contributed by atoms with Crippen LogP contribution in [0.2, 0.25) is 10.2 Å². The zero-order valence-corrected chi connectivity index (χ0v) is 9.89. The zero-order chi connectivity index (χ0) is 11.8.